The van der Waals surface area contributed by atoms with Crippen molar-refractivity contribution in [2.24, 2.45) is 0 Å². The van der Waals surface area contributed by atoms with Gasteiger partial charge in [-0.1, -0.05) is 12.1 Å². The van der Waals surface area contributed by atoms with Crippen molar-refractivity contribution in [3.8, 4) is 5.69 Å². The molecule has 1 atom stereocenters. The Kier molecular flexibility index (Phi) is 5.46. The van der Waals surface area contributed by atoms with Gasteiger partial charge in [-0.05, 0) is 26.0 Å². The number of rotatable bonds is 5. The summed E-state index contributed by atoms with van der Waals surface area (Å²) in [7, 11) is 3.10. The molecule has 0 N–H and O–H groups in total. The maximum Gasteiger partial charge on any atom is 0.278 e. The molecule has 1 aromatic heterocycles. The van der Waals surface area contributed by atoms with Crippen LogP contribution >= 0.6 is 0 Å². The minimum absolute atomic E-state index is 0.177. The third-order valence-electron chi connectivity index (χ3n) is 3.78. The van der Waals surface area contributed by atoms with Crippen LogP contribution in [0.25, 0.3) is 5.69 Å². The van der Waals surface area contributed by atoms with Crippen LogP contribution in [0.3, 0.4) is 0 Å². The van der Waals surface area contributed by atoms with E-state index in [1.807, 2.05) is 0 Å². The average Bonchev–Trinajstić information content (AvgIpc) is 2.55. The van der Waals surface area contributed by atoms with Gasteiger partial charge in [0.05, 0.1) is 12.6 Å². The molecule has 7 heteroatoms. The van der Waals surface area contributed by atoms with Gasteiger partial charge in [-0.15, -0.1) is 0 Å². The maximum atomic E-state index is 14.0. The van der Waals surface area contributed by atoms with E-state index in [1.165, 1.54) is 34.9 Å². The molecule has 0 bridgehead atoms. The fourth-order valence-electron chi connectivity index (χ4n) is 2.28. The van der Waals surface area contributed by atoms with Crippen LogP contribution in [-0.4, -0.2) is 47.4 Å². The lowest BCUT2D eigenvalue weighted by Crippen LogP contribution is -2.41. The lowest BCUT2D eigenvalue weighted by Gasteiger charge is -2.24. The summed E-state index contributed by atoms with van der Waals surface area (Å²) in [6.07, 6.45) is 0. The molecule has 6 nitrogen and oxygen atoms in total. The standard InChI is InChI=1S/C17H20FN3O3/c1-11-9-15(22)16(17(23)20(3)12(2)10-24-4)19-21(11)14-8-6-5-7-13(14)18/h5-9,12H,10H2,1-4H3/t12-/m0/s1. The average molecular weight is 333 g/mol. The van der Waals surface area contributed by atoms with E-state index in [1.54, 1.807) is 33.0 Å². The molecule has 0 fully saturated rings. The number of aryl methyl sites for hydroxylation is 1. The number of carbonyl (C=O) groups is 1. The van der Waals surface area contributed by atoms with E-state index in [9.17, 15) is 14.0 Å². The molecule has 24 heavy (non-hydrogen) atoms. The van der Waals surface area contributed by atoms with Gasteiger partial charge < -0.3 is 9.64 Å². The number of carbonyl (C=O) groups excluding carboxylic acids is 1. The quantitative estimate of drug-likeness (QED) is 0.837. The minimum Gasteiger partial charge on any atom is -0.383 e. The SMILES string of the molecule is COC[C@H](C)N(C)C(=O)c1nn(-c2ccccc2F)c(C)cc1=O. The van der Waals surface area contributed by atoms with E-state index in [-0.39, 0.29) is 17.4 Å². The summed E-state index contributed by atoms with van der Waals surface area (Å²) < 4.78 is 20.3. The van der Waals surface area contributed by atoms with Crippen LogP contribution < -0.4 is 5.43 Å². The van der Waals surface area contributed by atoms with Crippen LogP contribution in [0.4, 0.5) is 4.39 Å². The topological polar surface area (TPSA) is 64.4 Å². The minimum atomic E-state index is -0.533. The highest BCUT2D eigenvalue weighted by Gasteiger charge is 2.23. The first-order valence-corrected chi connectivity index (χ1v) is 7.48. The zero-order chi connectivity index (χ0) is 17.9. The highest BCUT2D eigenvalue weighted by Crippen LogP contribution is 2.13. The van der Waals surface area contributed by atoms with Crippen LogP contribution in [0.5, 0.6) is 0 Å². The van der Waals surface area contributed by atoms with Crippen LogP contribution in [0.2, 0.25) is 0 Å². The van der Waals surface area contributed by atoms with Crippen molar-refractivity contribution < 1.29 is 13.9 Å². The van der Waals surface area contributed by atoms with Gasteiger partial charge in [0, 0.05) is 25.9 Å². The van der Waals surface area contributed by atoms with Crippen LogP contribution in [-0.2, 0) is 4.74 Å². The molecular weight excluding hydrogens is 313 g/mol. The lowest BCUT2D eigenvalue weighted by atomic mass is 10.2. The lowest BCUT2D eigenvalue weighted by molar-refractivity contribution is 0.0624. The van der Waals surface area contributed by atoms with Crippen LogP contribution in [0, 0.1) is 12.7 Å². The summed E-state index contributed by atoms with van der Waals surface area (Å²) in [5.41, 5.74) is -0.137. The molecule has 128 valence electrons. The number of likely N-dealkylation sites (N-methyl/N-ethyl adjacent to an activating group) is 1. The summed E-state index contributed by atoms with van der Waals surface area (Å²) in [4.78, 5) is 26.1. The molecule has 0 aliphatic heterocycles. The predicted octanol–water partition coefficient (Wildman–Crippen LogP) is 1.79. The zero-order valence-corrected chi connectivity index (χ0v) is 14.1. The summed E-state index contributed by atoms with van der Waals surface area (Å²) in [5, 5.41) is 4.10. The Morgan fingerprint density at radius 2 is 2.08 bits per heavy atom. The molecule has 0 saturated heterocycles. The normalized spacial score (nSPS) is 12.0. The predicted molar refractivity (Wildman–Crippen MR) is 88.0 cm³/mol. The largest absolute Gasteiger partial charge is 0.383 e. The molecule has 0 unspecified atom stereocenters. The maximum absolute atomic E-state index is 14.0. The van der Waals surface area contributed by atoms with Crippen molar-refractivity contribution >= 4 is 5.91 Å². The van der Waals surface area contributed by atoms with Gasteiger partial charge in [0.15, 0.2) is 5.69 Å². The highest BCUT2D eigenvalue weighted by atomic mass is 19.1. The molecule has 0 aliphatic rings. The first kappa shape index (κ1) is 17.8. The Hall–Kier alpha value is -2.54. The Morgan fingerprint density at radius 3 is 2.71 bits per heavy atom. The van der Waals surface area contributed by atoms with Crippen LogP contribution in [0.15, 0.2) is 35.1 Å². The number of methoxy groups -OCH3 is 1. The molecule has 0 spiro atoms. The number of nitrogens with zero attached hydrogens (tertiary/aromatic N) is 3. The molecule has 1 amide bonds. The molecular formula is C17H20FN3O3. The molecule has 1 heterocycles. The Bertz CT molecular complexity index is 804. The monoisotopic (exact) mass is 333 g/mol. The fourth-order valence-corrected chi connectivity index (χ4v) is 2.28. The van der Waals surface area contributed by atoms with E-state index in [2.05, 4.69) is 5.10 Å². The number of ether oxygens (including phenoxy) is 1. The first-order valence-electron chi connectivity index (χ1n) is 7.48. The van der Waals surface area contributed by atoms with E-state index < -0.39 is 17.2 Å². The second-order valence-electron chi connectivity index (χ2n) is 5.58. The molecule has 2 rings (SSSR count). The number of benzene rings is 1. The van der Waals surface area contributed by atoms with Gasteiger partial charge in [0.1, 0.15) is 11.5 Å². The summed E-state index contributed by atoms with van der Waals surface area (Å²) in [6.45, 7) is 3.76. The first-order chi connectivity index (χ1) is 11.4. The molecule has 0 radical (unpaired) electrons. The summed E-state index contributed by atoms with van der Waals surface area (Å²) in [6, 6.07) is 7.09. The van der Waals surface area contributed by atoms with Crippen molar-refractivity contribution in [1.82, 2.24) is 14.7 Å². The molecule has 2 aromatic rings. The smallest absolute Gasteiger partial charge is 0.278 e. The van der Waals surface area contributed by atoms with E-state index in [4.69, 9.17) is 4.74 Å². The third kappa shape index (κ3) is 3.51. The highest BCUT2D eigenvalue weighted by molar-refractivity contribution is 5.92. The van der Waals surface area contributed by atoms with Crippen molar-refractivity contribution in [3.05, 3.63) is 57.8 Å². The number of aromatic nitrogens is 2. The molecule has 0 saturated carbocycles. The van der Waals surface area contributed by atoms with E-state index in [0.29, 0.717) is 12.3 Å². The number of hydrogen-bond donors (Lipinski definition) is 0. The van der Waals surface area contributed by atoms with E-state index >= 15 is 0 Å². The molecule has 1 aromatic carbocycles. The Balaban J connectivity index is 2.49. The van der Waals surface area contributed by atoms with Gasteiger partial charge in [0.25, 0.3) is 5.91 Å². The van der Waals surface area contributed by atoms with Crippen molar-refractivity contribution in [2.75, 3.05) is 20.8 Å². The van der Waals surface area contributed by atoms with E-state index in [0.717, 1.165) is 0 Å². The summed E-state index contributed by atoms with van der Waals surface area (Å²) >= 11 is 0. The fraction of sp³-hybridized carbons (Fsp3) is 0.353. The number of para-hydroxylation sites is 1. The van der Waals surface area contributed by atoms with Crippen molar-refractivity contribution in [2.45, 2.75) is 19.9 Å². The van der Waals surface area contributed by atoms with Crippen LogP contribution in [0.1, 0.15) is 23.1 Å². The number of halogens is 1. The third-order valence-corrected chi connectivity index (χ3v) is 3.78. The number of amides is 1. The Morgan fingerprint density at radius 1 is 1.42 bits per heavy atom. The van der Waals surface area contributed by atoms with Crippen molar-refractivity contribution in [1.29, 1.82) is 0 Å². The molecule has 0 aliphatic carbocycles. The van der Waals surface area contributed by atoms with Crippen molar-refractivity contribution in [3.63, 3.8) is 0 Å². The van der Waals surface area contributed by atoms with Gasteiger partial charge >= 0.3 is 0 Å². The van der Waals surface area contributed by atoms with Gasteiger partial charge in [-0.2, -0.15) is 5.10 Å². The number of hydrogen-bond acceptors (Lipinski definition) is 4. The zero-order valence-electron chi connectivity index (χ0n) is 14.1. The summed E-state index contributed by atoms with van der Waals surface area (Å²) in [5.74, 6) is -1.02. The second kappa shape index (κ2) is 7.35. The van der Waals surface area contributed by atoms with Gasteiger partial charge in [0.2, 0.25) is 5.43 Å². The van der Waals surface area contributed by atoms with Gasteiger partial charge in [-0.25, -0.2) is 9.07 Å². The Labute approximate surface area is 139 Å². The van der Waals surface area contributed by atoms with Gasteiger partial charge in [-0.3, -0.25) is 9.59 Å². The second-order valence-corrected chi connectivity index (χ2v) is 5.58.